The number of morpholine rings is 1. The van der Waals surface area contributed by atoms with E-state index in [9.17, 15) is 14.4 Å². The first kappa shape index (κ1) is 26.9. The molecule has 1 aliphatic heterocycles. The Morgan fingerprint density at radius 3 is 2.03 bits per heavy atom. The van der Waals surface area contributed by atoms with Gasteiger partial charge < -0.3 is 15.0 Å². The van der Waals surface area contributed by atoms with Crippen molar-refractivity contribution in [1.82, 2.24) is 20.6 Å². The first-order chi connectivity index (χ1) is 17.2. The number of hydrogen-bond acceptors (Lipinski definition) is 6. The molecule has 3 N–H and O–H groups in total. The maximum atomic E-state index is 12.8. The lowest BCUT2D eigenvalue weighted by atomic mass is 10.1. The van der Waals surface area contributed by atoms with Crippen molar-refractivity contribution < 1.29 is 24.3 Å². The molecule has 1 saturated heterocycles. The number of carbonyl (C=O) groups excluding carboxylic acids is 3. The Balaban J connectivity index is 1.63. The lowest BCUT2D eigenvalue weighted by molar-refractivity contribution is -0.140. The van der Waals surface area contributed by atoms with Crippen molar-refractivity contribution in [3.8, 4) is 11.8 Å². The maximum Gasteiger partial charge on any atom is 0.275 e. The van der Waals surface area contributed by atoms with E-state index in [0.29, 0.717) is 5.56 Å². The van der Waals surface area contributed by atoms with Crippen LogP contribution in [0, 0.1) is 11.8 Å². The SMILES string of the molecule is CNC(=O)C(C(=O)NO)N(C)C(=O)c1ccc(C#Cc2ccc(CN3C[C@@H](C)O[C@@H](C)C3)cc2)cc1. The summed E-state index contributed by atoms with van der Waals surface area (Å²) in [5, 5.41) is 11.2. The number of carbonyl (C=O) groups is 3. The fourth-order valence-corrected chi connectivity index (χ4v) is 4.20. The van der Waals surface area contributed by atoms with E-state index < -0.39 is 23.8 Å². The van der Waals surface area contributed by atoms with Crippen molar-refractivity contribution in [1.29, 1.82) is 0 Å². The standard InChI is InChI=1S/C27H32N4O5/c1-18-15-31(16-19(2)36-18)17-22-9-7-20(8-10-22)5-6-21-11-13-23(14-12-21)27(34)30(4)24(25(32)28-3)26(33)29-35/h7-14,18-19,24,35H,15-17H2,1-4H3,(H,28,32)(H,29,33)/t18-,19+,24?. The molecule has 2 aromatic carbocycles. The minimum Gasteiger partial charge on any atom is -0.373 e. The number of amides is 3. The van der Waals surface area contributed by atoms with Crippen LogP contribution in [0.3, 0.4) is 0 Å². The molecule has 0 bridgehead atoms. The van der Waals surface area contributed by atoms with Crippen LogP contribution in [0.4, 0.5) is 0 Å². The fourth-order valence-electron chi connectivity index (χ4n) is 4.20. The highest BCUT2D eigenvalue weighted by Gasteiger charge is 2.33. The summed E-state index contributed by atoms with van der Waals surface area (Å²) >= 11 is 0. The molecule has 2 aromatic rings. The summed E-state index contributed by atoms with van der Waals surface area (Å²) < 4.78 is 5.80. The summed E-state index contributed by atoms with van der Waals surface area (Å²) in [4.78, 5) is 40.0. The largest absolute Gasteiger partial charge is 0.373 e. The van der Waals surface area contributed by atoms with Crippen LogP contribution in [0.5, 0.6) is 0 Å². The van der Waals surface area contributed by atoms with Gasteiger partial charge in [-0.2, -0.15) is 0 Å². The van der Waals surface area contributed by atoms with Crippen LogP contribution in [0.25, 0.3) is 0 Å². The van der Waals surface area contributed by atoms with Crippen LogP contribution in [0.15, 0.2) is 48.5 Å². The van der Waals surface area contributed by atoms with Gasteiger partial charge in [0.1, 0.15) is 0 Å². The number of ether oxygens (including phenoxy) is 1. The summed E-state index contributed by atoms with van der Waals surface area (Å²) in [6.07, 6.45) is 0.469. The molecule has 0 saturated carbocycles. The van der Waals surface area contributed by atoms with Gasteiger partial charge in [0.2, 0.25) is 0 Å². The van der Waals surface area contributed by atoms with E-state index >= 15 is 0 Å². The minimum absolute atomic E-state index is 0.235. The van der Waals surface area contributed by atoms with E-state index in [4.69, 9.17) is 9.94 Å². The smallest absolute Gasteiger partial charge is 0.275 e. The second-order valence-corrected chi connectivity index (χ2v) is 8.88. The molecule has 9 heteroatoms. The first-order valence-electron chi connectivity index (χ1n) is 11.7. The van der Waals surface area contributed by atoms with Gasteiger partial charge >= 0.3 is 0 Å². The average Bonchev–Trinajstić information content (AvgIpc) is 2.87. The quantitative estimate of drug-likeness (QED) is 0.243. The Morgan fingerprint density at radius 2 is 1.53 bits per heavy atom. The molecule has 0 aromatic heterocycles. The van der Waals surface area contributed by atoms with Crippen molar-refractivity contribution in [3.63, 3.8) is 0 Å². The van der Waals surface area contributed by atoms with E-state index in [1.54, 1.807) is 24.3 Å². The van der Waals surface area contributed by atoms with Crippen LogP contribution in [-0.2, 0) is 20.9 Å². The molecule has 1 unspecified atom stereocenters. The Kier molecular flexibility index (Phi) is 9.19. The van der Waals surface area contributed by atoms with E-state index in [1.807, 2.05) is 12.1 Å². The lowest BCUT2D eigenvalue weighted by Gasteiger charge is -2.35. The molecule has 9 nitrogen and oxygen atoms in total. The summed E-state index contributed by atoms with van der Waals surface area (Å²) in [5.74, 6) is 3.93. The zero-order valence-corrected chi connectivity index (χ0v) is 20.9. The molecule has 1 aliphatic rings. The van der Waals surface area contributed by atoms with Crippen LogP contribution in [0.2, 0.25) is 0 Å². The van der Waals surface area contributed by atoms with Gasteiger partial charge in [-0.3, -0.25) is 24.5 Å². The molecule has 3 amide bonds. The van der Waals surface area contributed by atoms with E-state index in [1.165, 1.54) is 25.1 Å². The number of rotatable bonds is 6. The van der Waals surface area contributed by atoms with Gasteiger partial charge in [0.15, 0.2) is 6.04 Å². The molecule has 0 aliphatic carbocycles. The van der Waals surface area contributed by atoms with Gasteiger partial charge in [0.25, 0.3) is 17.7 Å². The number of hydrogen-bond donors (Lipinski definition) is 3. The highest BCUT2D eigenvalue weighted by molar-refractivity contribution is 6.08. The van der Waals surface area contributed by atoms with Gasteiger partial charge in [-0.05, 0) is 55.8 Å². The summed E-state index contributed by atoms with van der Waals surface area (Å²) in [5.41, 5.74) is 4.51. The Hall–Kier alpha value is -3.71. The van der Waals surface area contributed by atoms with Crippen molar-refractivity contribution >= 4 is 17.7 Å². The monoisotopic (exact) mass is 492 g/mol. The molecule has 0 radical (unpaired) electrons. The zero-order valence-electron chi connectivity index (χ0n) is 20.9. The van der Waals surface area contributed by atoms with Crippen LogP contribution < -0.4 is 10.8 Å². The number of benzene rings is 2. The van der Waals surface area contributed by atoms with Crippen molar-refractivity contribution in [2.75, 3.05) is 27.2 Å². The molecular weight excluding hydrogens is 460 g/mol. The van der Waals surface area contributed by atoms with Crippen LogP contribution in [0.1, 0.15) is 40.9 Å². The zero-order chi connectivity index (χ0) is 26.2. The summed E-state index contributed by atoms with van der Waals surface area (Å²) in [6, 6.07) is 13.2. The molecular formula is C27H32N4O5. The lowest BCUT2D eigenvalue weighted by Crippen LogP contribution is -2.54. The number of nitrogens with one attached hydrogen (secondary N) is 2. The third kappa shape index (κ3) is 6.92. The highest BCUT2D eigenvalue weighted by Crippen LogP contribution is 2.15. The summed E-state index contributed by atoms with van der Waals surface area (Å²) in [6.45, 7) is 6.90. The second-order valence-electron chi connectivity index (χ2n) is 8.88. The van der Waals surface area contributed by atoms with E-state index in [2.05, 4.69) is 48.0 Å². The molecule has 1 heterocycles. The minimum atomic E-state index is -1.51. The number of likely N-dealkylation sites (N-methyl/N-ethyl adjacent to an activating group) is 2. The van der Waals surface area contributed by atoms with Crippen molar-refractivity contribution in [2.24, 2.45) is 0 Å². The van der Waals surface area contributed by atoms with Crippen molar-refractivity contribution in [2.45, 2.75) is 38.6 Å². The predicted octanol–water partition coefficient (Wildman–Crippen LogP) is 1.39. The molecule has 3 rings (SSSR count). The molecule has 3 atom stereocenters. The van der Waals surface area contributed by atoms with Gasteiger partial charge in [0.05, 0.1) is 12.2 Å². The molecule has 36 heavy (non-hydrogen) atoms. The van der Waals surface area contributed by atoms with Crippen LogP contribution in [-0.4, -0.2) is 78.2 Å². The van der Waals surface area contributed by atoms with Gasteiger partial charge in [-0.15, -0.1) is 0 Å². The van der Waals surface area contributed by atoms with Gasteiger partial charge in [-0.25, -0.2) is 5.48 Å². The highest BCUT2D eigenvalue weighted by atomic mass is 16.5. The van der Waals surface area contributed by atoms with Gasteiger partial charge in [-0.1, -0.05) is 24.0 Å². The summed E-state index contributed by atoms with van der Waals surface area (Å²) in [7, 11) is 2.65. The maximum absolute atomic E-state index is 12.8. The molecule has 190 valence electrons. The van der Waals surface area contributed by atoms with E-state index in [-0.39, 0.29) is 17.8 Å². The van der Waals surface area contributed by atoms with Gasteiger partial charge in [0, 0.05) is 50.4 Å². The van der Waals surface area contributed by atoms with Crippen LogP contribution >= 0.6 is 0 Å². The topological polar surface area (TPSA) is 111 Å². The fraction of sp³-hybridized carbons (Fsp3) is 0.370. The Morgan fingerprint density at radius 1 is 1.00 bits per heavy atom. The first-order valence-corrected chi connectivity index (χ1v) is 11.7. The number of hydroxylamine groups is 1. The molecule has 1 fully saturated rings. The third-order valence-corrected chi connectivity index (χ3v) is 5.90. The second kappa shape index (κ2) is 12.3. The van der Waals surface area contributed by atoms with E-state index in [0.717, 1.165) is 30.1 Å². The normalized spacial score (nSPS) is 18.4. The van der Waals surface area contributed by atoms with Crippen molar-refractivity contribution in [3.05, 3.63) is 70.8 Å². The average molecular weight is 493 g/mol. The Bertz CT molecular complexity index is 1110. The Labute approximate surface area is 211 Å². The number of nitrogens with zero attached hydrogens (tertiary/aromatic N) is 2. The third-order valence-electron chi connectivity index (χ3n) is 5.90. The molecule has 0 spiro atoms. The predicted molar refractivity (Wildman–Crippen MR) is 134 cm³/mol.